The summed E-state index contributed by atoms with van der Waals surface area (Å²) in [6, 6.07) is 9.20. The maximum absolute atomic E-state index is 13.4. The van der Waals surface area contributed by atoms with Gasteiger partial charge in [0, 0.05) is 17.5 Å². The number of nitrogens with one attached hydrogen (secondary N) is 1. The van der Waals surface area contributed by atoms with Crippen LogP contribution in [0.4, 0.5) is 4.39 Å². The molecule has 29 heavy (non-hydrogen) atoms. The van der Waals surface area contributed by atoms with Crippen molar-refractivity contribution in [2.45, 2.75) is 13.5 Å². The van der Waals surface area contributed by atoms with Gasteiger partial charge in [0.05, 0.1) is 14.2 Å². The molecule has 1 N–H and O–H groups in total. The van der Waals surface area contributed by atoms with Crippen molar-refractivity contribution < 1.29 is 32.6 Å². The number of esters is 1. The molecule has 0 fully saturated rings. The highest BCUT2D eigenvalue weighted by atomic mass is 19.1. The lowest BCUT2D eigenvalue weighted by Crippen LogP contribution is -2.28. The van der Waals surface area contributed by atoms with Gasteiger partial charge in [-0.1, -0.05) is 6.07 Å². The van der Waals surface area contributed by atoms with Gasteiger partial charge in [0.2, 0.25) is 5.76 Å². The Balaban J connectivity index is 1.57. The van der Waals surface area contributed by atoms with Gasteiger partial charge in [0.25, 0.3) is 5.91 Å². The number of amides is 1. The van der Waals surface area contributed by atoms with E-state index in [9.17, 15) is 14.0 Å². The second kappa shape index (κ2) is 8.64. The number of fused-ring (bicyclic) bond motifs is 1. The molecule has 0 bridgehead atoms. The minimum absolute atomic E-state index is 0.0571. The van der Waals surface area contributed by atoms with Crippen molar-refractivity contribution in [1.29, 1.82) is 0 Å². The van der Waals surface area contributed by atoms with Crippen LogP contribution in [0.1, 0.15) is 21.7 Å². The van der Waals surface area contributed by atoms with Crippen LogP contribution in [0.3, 0.4) is 0 Å². The van der Waals surface area contributed by atoms with Crippen molar-refractivity contribution in [3.63, 3.8) is 0 Å². The van der Waals surface area contributed by atoms with Crippen molar-refractivity contribution in [2.24, 2.45) is 0 Å². The Morgan fingerprint density at radius 2 is 1.83 bits per heavy atom. The molecule has 0 atom stereocenters. The number of ether oxygens (including phenoxy) is 3. The van der Waals surface area contributed by atoms with Gasteiger partial charge in [-0.15, -0.1) is 0 Å². The fourth-order valence-electron chi connectivity index (χ4n) is 2.83. The number of hydrogen-bond donors (Lipinski definition) is 1. The number of benzene rings is 2. The van der Waals surface area contributed by atoms with E-state index in [4.69, 9.17) is 18.6 Å². The summed E-state index contributed by atoms with van der Waals surface area (Å²) in [5.41, 5.74) is 1.61. The Hall–Kier alpha value is -3.55. The first-order valence-electron chi connectivity index (χ1n) is 8.76. The first-order valence-corrected chi connectivity index (χ1v) is 8.76. The van der Waals surface area contributed by atoms with Crippen LogP contribution in [0.25, 0.3) is 11.0 Å². The van der Waals surface area contributed by atoms with Gasteiger partial charge in [0.15, 0.2) is 18.1 Å². The lowest BCUT2D eigenvalue weighted by atomic mass is 10.1. The molecule has 0 spiro atoms. The molecule has 1 heterocycles. The Morgan fingerprint density at radius 3 is 2.55 bits per heavy atom. The van der Waals surface area contributed by atoms with Crippen LogP contribution in [-0.2, 0) is 16.1 Å². The largest absolute Gasteiger partial charge is 0.493 e. The predicted octanol–water partition coefficient (Wildman–Crippen LogP) is 3.37. The van der Waals surface area contributed by atoms with Crippen LogP contribution in [-0.4, -0.2) is 32.7 Å². The van der Waals surface area contributed by atoms with Gasteiger partial charge in [-0.2, -0.15) is 0 Å². The van der Waals surface area contributed by atoms with Crippen LogP contribution < -0.4 is 14.8 Å². The van der Waals surface area contributed by atoms with Crippen LogP contribution in [0.2, 0.25) is 0 Å². The molecule has 0 aliphatic rings. The van der Waals surface area contributed by atoms with Gasteiger partial charge in [0.1, 0.15) is 11.4 Å². The molecule has 0 unspecified atom stereocenters. The van der Waals surface area contributed by atoms with E-state index in [2.05, 4.69) is 5.32 Å². The first-order chi connectivity index (χ1) is 13.9. The third kappa shape index (κ3) is 4.48. The summed E-state index contributed by atoms with van der Waals surface area (Å²) in [7, 11) is 3.06. The van der Waals surface area contributed by atoms with E-state index >= 15 is 0 Å². The molecule has 7 nitrogen and oxygen atoms in total. The Kier molecular flexibility index (Phi) is 6.01. The first kappa shape index (κ1) is 20.2. The monoisotopic (exact) mass is 401 g/mol. The van der Waals surface area contributed by atoms with Crippen molar-refractivity contribution in [3.8, 4) is 11.5 Å². The molecule has 1 amide bonds. The third-order valence-corrected chi connectivity index (χ3v) is 4.36. The highest BCUT2D eigenvalue weighted by molar-refractivity contribution is 5.96. The second-order valence-corrected chi connectivity index (χ2v) is 6.24. The number of carbonyl (C=O) groups is 2. The number of hydrogen-bond acceptors (Lipinski definition) is 6. The number of aryl methyl sites for hydroxylation is 1. The van der Waals surface area contributed by atoms with Crippen LogP contribution in [0.5, 0.6) is 11.5 Å². The number of methoxy groups -OCH3 is 2. The van der Waals surface area contributed by atoms with Gasteiger partial charge >= 0.3 is 5.97 Å². The molecule has 0 aliphatic heterocycles. The molecule has 0 saturated carbocycles. The zero-order valence-electron chi connectivity index (χ0n) is 16.2. The van der Waals surface area contributed by atoms with Crippen LogP contribution in [0, 0.1) is 12.7 Å². The molecule has 0 aliphatic carbocycles. The predicted molar refractivity (Wildman–Crippen MR) is 103 cm³/mol. The van der Waals surface area contributed by atoms with Crippen molar-refractivity contribution in [1.82, 2.24) is 5.32 Å². The average Bonchev–Trinajstić information content (AvgIpc) is 3.06. The van der Waals surface area contributed by atoms with E-state index in [1.54, 1.807) is 25.1 Å². The van der Waals surface area contributed by atoms with E-state index < -0.39 is 24.3 Å². The highest BCUT2D eigenvalue weighted by Gasteiger charge is 2.20. The molecule has 0 saturated heterocycles. The van der Waals surface area contributed by atoms with Crippen LogP contribution >= 0.6 is 0 Å². The minimum Gasteiger partial charge on any atom is -0.493 e. The van der Waals surface area contributed by atoms with Gasteiger partial charge in [-0.3, -0.25) is 4.79 Å². The smallest absolute Gasteiger partial charge is 0.375 e. The summed E-state index contributed by atoms with van der Waals surface area (Å²) in [6.07, 6.45) is 0. The van der Waals surface area contributed by atoms with Crippen molar-refractivity contribution >= 4 is 22.8 Å². The molecule has 0 radical (unpaired) electrons. The molecule has 2 aromatic carbocycles. The molecular formula is C21H20FNO6. The standard InChI is InChI=1S/C21H20FNO6/c1-12-15-9-14(22)5-7-16(15)29-20(12)21(25)28-11-19(24)23-10-13-4-6-17(26-2)18(8-13)27-3/h4-9H,10-11H2,1-3H3,(H,23,24). The van der Waals surface area contributed by atoms with Crippen molar-refractivity contribution in [2.75, 3.05) is 20.8 Å². The maximum atomic E-state index is 13.4. The van der Waals surface area contributed by atoms with Crippen LogP contribution in [0.15, 0.2) is 40.8 Å². The number of carbonyl (C=O) groups excluding carboxylic acids is 2. The van der Waals surface area contributed by atoms with E-state index in [0.29, 0.717) is 28.0 Å². The normalized spacial score (nSPS) is 10.6. The van der Waals surface area contributed by atoms with Gasteiger partial charge in [-0.25, -0.2) is 9.18 Å². The summed E-state index contributed by atoms with van der Waals surface area (Å²) in [5.74, 6) is -0.637. The highest BCUT2D eigenvalue weighted by Crippen LogP contribution is 2.28. The van der Waals surface area contributed by atoms with Gasteiger partial charge < -0.3 is 23.9 Å². The zero-order valence-corrected chi connectivity index (χ0v) is 16.2. The van der Waals surface area contributed by atoms with E-state index in [-0.39, 0.29) is 12.3 Å². The fourth-order valence-corrected chi connectivity index (χ4v) is 2.83. The summed E-state index contributed by atoms with van der Waals surface area (Å²) in [4.78, 5) is 24.2. The fraction of sp³-hybridized carbons (Fsp3) is 0.238. The molecule has 3 rings (SSSR count). The number of furan rings is 1. The third-order valence-electron chi connectivity index (χ3n) is 4.36. The van der Waals surface area contributed by atoms with E-state index in [1.165, 1.54) is 32.4 Å². The zero-order chi connectivity index (χ0) is 21.0. The summed E-state index contributed by atoms with van der Waals surface area (Å²) in [5, 5.41) is 3.13. The average molecular weight is 401 g/mol. The van der Waals surface area contributed by atoms with E-state index in [1.807, 2.05) is 0 Å². The molecule has 3 aromatic rings. The summed E-state index contributed by atoms with van der Waals surface area (Å²) in [6.45, 7) is 1.37. The Bertz CT molecular complexity index is 1060. The summed E-state index contributed by atoms with van der Waals surface area (Å²) < 4.78 is 34.2. The minimum atomic E-state index is -0.791. The topological polar surface area (TPSA) is 87.0 Å². The lowest BCUT2D eigenvalue weighted by molar-refractivity contribution is -0.124. The molecule has 8 heteroatoms. The Morgan fingerprint density at radius 1 is 1.07 bits per heavy atom. The van der Waals surface area contributed by atoms with E-state index in [0.717, 1.165) is 5.56 Å². The summed E-state index contributed by atoms with van der Waals surface area (Å²) >= 11 is 0. The molecule has 152 valence electrons. The second-order valence-electron chi connectivity index (χ2n) is 6.24. The SMILES string of the molecule is COc1ccc(CNC(=O)COC(=O)c2oc3ccc(F)cc3c2C)cc1OC. The Labute approximate surface area is 166 Å². The van der Waals surface area contributed by atoms with Gasteiger partial charge in [-0.05, 0) is 42.8 Å². The van der Waals surface area contributed by atoms with Crippen molar-refractivity contribution in [3.05, 3.63) is 59.1 Å². The maximum Gasteiger partial charge on any atom is 0.375 e. The quantitative estimate of drug-likeness (QED) is 0.611. The molecule has 1 aromatic heterocycles. The lowest BCUT2D eigenvalue weighted by Gasteiger charge is -2.10. The number of halogens is 1. The molecular weight excluding hydrogens is 381 g/mol. The number of rotatable bonds is 7.